The molecule has 0 saturated heterocycles. The Morgan fingerprint density at radius 1 is 0.947 bits per heavy atom. The molecule has 0 heterocycles. The minimum absolute atomic E-state index is 0.0179. The number of hydrogen-bond acceptors (Lipinski definition) is 7. The second-order valence-electron chi connectivity index (χ2n) is 8.07. The third-order valence-electron chi connectivity index (χ3n) is 5.07. The Labute approximate surface area is 215 Å². The van der Waals surface area contributed by atoms with Crippen molar-refractivity contribution in [3.8, 4) is 11.5 Å². The molecule has 0 saturated carbocycles. The van der Waals surface area contributed by atoms with Crippen LogP contribution in [0.2, 0.25) is 0 Å². The first kappa shape index (κ1) is 28.0. The maximum Gasteiger partial charge on any atom is 0.389 e. The van der Waals surface area contributed by atoms with E-state index in [2.05, 4.69) is 0 Å². The summed E-state index contributed by atoms with van der Waals surface area (Å²) in [7, 11) is 0. The van der Waals surface area contributed by atoms with Crippen LogP contribution >= 0.6 is 0 Å². The van der Waals surface area contributed by atoms with Gasteiger partial charge in [0.15, 0.2) is 11.6 Å². The topological polar surface area (TPSA) is 114 Å². The molecule has 0 fully saturated rings. The van der Waals surface area contributed by atoms with Crippen LogP contribution in [0.1, 0.15) is 34.3 Å². The molecule has 11 heteroatoms. The first-order valence-corrected chi connectivity index (χ1v) is 11.3. The zero-order chi connectivity index (χ0) is 27.7. The lowest BCUT2D eigenvalue weighted by atomic mass is 10.2. The monoisotopic (exact) mass is 532 g/mol. The van der Waals surface area contributed by atoms with Crippen molar-refractivity contribution in [1.82, 2.24) is 0 Å². The van der Waals surface area contributed by atoms with Gasteiger partial charge in [0.05, 0.1) is 12.2 Å². The average molecular weight is 532 g/mol. The van der Waals surface area contributed by atoms with Gasteiger partial charge in [-0.15, -0.1) is 0 Å². The molecule has 200 valence electrons. The SMILES string of the molecule is Nc1ccc(COC(=O)/C=C/c2ccc(OC(=O)c3ccc(OCCCC(F)(F)F)c(F)c3)cc2)c(N)c1. The molecule has 38 heavy (non-hydrogen) atoms. The number of esters is 2. The summed E-state index contributed by atoms with van der Waals surface area (Å²) in [6.45, 7) is -0.341. The van der Waals surface area contributed by atoms with Gasteiger partial charge in [-0.25, -0.2) is 14.0 Å². The lowest BCUT2D eigenvalue weighted by Gasteiger charge is -2.10. The van der Waals surface area contributed by atoms with Crippen molar-refractivity contribution in [2.75, 3.05) is 18.1 Å². The van der Waals surface area contributed by atoms with Gasteiger partial charge in [-0.05, 0) is 60.5 Å². The van der Waals surface area contributed by atoms with E-state index in [-0.39, 0.29) is 36.7 Å². The van der Waals surface area contributed by atoms with E-state index >= 15 is 0 Å². The van der Waals surface area contributed by atoms with E-state index in [0.29, 0.717) is 22.5 Å². The van der Waals surface area contributed by atoms with E-state index in [1.165, 1.54) is 30.4 Å². The number of ether oxygens (including phenoxy) is 3. The standard InChI is InChI=1S/C27H24F4N2O5/c28-22-14-18(6-10-24(22)36-13-1-12-27(29,30)31)26(35)38-21-8-2-17(3-9-21)4-11-25(34)37-16-19-5-7-20(32)15-23(19)33/h2-11,14-15H,1,12-13,16,32-33H2/b11-4+. The van der Waals surface area contributed by atoms with E-state index in [4.69, 9.17) is 25.7 Å². The van der Waals surface area contributed by atoms with Crippen molar-refractivity contribution >= 4 is 29.4 Å². The average Bonchev–Trinajstić information content (AvgIpc) is 2.85. The van der Waals surface area contributed by atoms with Crippen LogP contribution in [0, 0.1) is 5.82 Å². The summed E-state index contributed by atoms with van der Waals surface area (Å²) in [6.07, 6.45) is -2.95. The zero-order valence-electron chi connectivity index (χ0n) is 20.0. The van der Waals surface area contributed by atoms with Gasteiger partial charge in [0.25, 0.3) is 0 Å². The third-order valence-corrected chi connectivity index (χ3v) is 5.07. The van der Waals surface area contributed by atoms with Crippen LogP contribution in [0.5, 0.6) is 11.5 Å². The summed E-state index contributed by atoms with van der Waals surface area (Å²) in [5.74, 6) is -2.44. The molecular weight excluding hydrogens is 508 g/mol. The van der Waals surface area contributed by atoms with E-state index < -0.39 is 30.4 Å². The van der Waals surface area contributed by atoms with Gasteiger partial charge in [-0.3, -0.25) is 0 Å². The molecule has 0 aliphatic carbocycles. The number of rotatable bonds is 10. The fourth-order valence-electron chi connectivity index (χ4n) is 3.12. The Balaban J connectivity index is 1.49. The maximum absolute atomic E-state index is 14.2. The number of alkyl halides is 3. The van der Waals surface area contributed by atoms with E-state index in [1.54, 1.807) is 30.3 Å². The predicted octanol–water partition coefficient (Wildman–Crippen LogP) is 5.69. The molecule has 0 radical (unpaired) electrons. The van der Waals surface area contributed by atoms with Crippen LogP contribution in [0.4, 0.5) is 28.9 Å². The molecule has 4 N–H and O–H groups in total. The Kier molecular flexibility index (Phi) is 9.31. The van der Waals surface area contributed by atoms with E-state index in [0.717, 1.165) is 12.1 Å². The summed E-state index contributed by atoms with van der Waals surface area (Å²) < 4.78 is 66.1. The van der Waals surface area contributed by atoms with Crippen molar-refractivity contribution in [1.29, 1.82) is 0 Å². The van der Waals surface area contributed by atoms with Crippen LogP contribution < -0.4 is 20.9 Å². The molecule has 3 aromatic rings. The quantitative estimate of drug-likeness (QED) is 0.0862. The summed E-state index contributed by atoms with van der Waals surface area (Å²) in [6, 6.07) is 14.3. The summed E-state index contributed by atoms with van der Waals surface area (Å²) in [4.78, 5) is 24.3. The molecular formula is C27H24F4N2O5. The van der Waals surface area contributed by atoms with Crippen LogP contribution in [-0.4, -0.2) is 24.7 Å². The van der Waals surface area contributed by atoms with Gasteiger partial charge >= 0.3 is 18.1 Å². The lowest BCUT2D eigenvalue weighted by Crippen LogP contribution is -2.11. The highest BCUT2D eigenvalue weighted by Crippen LogP contribution is 2.24. The van der Waals surface area contributed by atoms with Crippen molar-refractivity contribution in [3.63, 3.8) is 0 Å². The van der Waals surface area contributed by atoms with Crippen molar-refractivity contribution in [2.45, 2.75) is 25.6 Å². The van der Waals surface area contributed by atoms with Crippen LogP contribution in [0.3, 0.4) is 0 Å². The molecule has 0 unspecified atom stereocenters. The molecule has 0 atom stereocenters. The van der Waals surface area contributed by atoms with E-state index in [1.807, 2.05) is 0 Å². The molecule has 0 amide bonds. The number of carbonyl (C=O) groups is 2. The van der Waals surface area contributed by atoms with Crippen molar-refractivity contribution < 1.29 is 41.4 Å². The Hall–Kier alpha value is -4.54. The Bertz CT molecular complexity index is 1310. The number of carbonyl (C=O) groups excluding carboxylic acids is 2. The smallest absolute Gasteiger partial charge is 0.389 e. The lowest BCUT2D eigenvalue weighted by molar-refractivity contribution is -0.139. The summed E-state index contributed by atoms with van der Waals surface area (Å²) >= 11 is 0. The number of nitrogens with two attached hydrogens (primary N) is 2. The highest BCUT2D eigenvalue weighted by Gasteiger charge is 2.26. The molecule has 0 aromatic heterocycles. The Morgan fingerprint density at radius 2 is 1.68 bits per heavy atom. The first-order valence-electron chi connectivity index (χ1n) is 11.3. The minimum atomic E-state index is -4.32. The molecule has 0 spiro atoms. The van der Waals surface area contributed by atoms with Crippen LogP contribution in [-0.2, 0) is 16.1 Å². The van der Waals surface area contributed by atoms with Gasteiger partial charge in [-0.2, -0.15) is 13.2 Å². The summed E-state index contributed by atoms with van der Waals surface area (Å²) in [5.41, 5.74) is 13.5. The fourth-order valence-corrected chi connectivity index (χ4v) is 3.12. The van der Waals surface area contributed by atoms with Crippen molar-refractivity contribution in [3.05, 3.63) is 89.2 Å². The van der Waals surface area contributed by atoms with Gasteiger partial charge in [-0.1, -0.05) is 18.2 Å². The third kappa shape index (κ3) is 8.84. The van der Waals surface area contributed by atoms with Crippen LogP contribution in [0.15, 0.2) is 66.7 Å². The van der Waals surface area contributed by atoms with Gasteiger partial charge in [0.1, 0.15) is 12.4 Å². The number of anilines is 2. The van der Waals surface area contributed by atoms with Gasteiger partial charge < -0.3 is 25.7 Å². The first-order chi connectivity index (χ1) is 18.0. The molecule has 0 aliphatic heterocycles. The number of nitrogen functional groups attached to an aromatic ring is 2. The fraction of sp³-hybridized carbons (Fsp3) is 0.185. The molecule has 0 aliphatic rings. The summed E-state index contributed by atoms with van der Waals surface area (Å²) in [5, 5.41) is 0. The highest BCUT2D eigenvalue weighted by atomic mass is 19.4. The second-order valence-corrected chi connectivity index (χ2v) is 8.07. The van der Waals surface area contributed by atoms with Crippen LogP contribution in [0.25, 0.3) is 6.08 Å². The number of hydrogen-bond donors (Lipinski definition) is 2. The number of halogens is 4. The Morgan fingerprint density at radius 3 is 2.34 bits per heavy atom. The van der Waals surface area contributed by atoms with E-state index in [9.17, 15) is 27.2 Å². The maximum atomic E-state index is 14.2. The van der Waals surface area contributed by atoms with Gasteiger partial charge in [0, 0.05) is 29.4 Å². The van der Waals surface area contributed by atoms with Crippen molar-refractivity contribution in [2.24, 2.45) is 0 Å². The zero-order valence-corrected chi connectivity index (χ0v) is 20.0. The molecule has 0 bridgehead atoms. The largest absolute Gasteiger partial charge is 0.491 e. The minimum Gasteiger partial charge on any atom is -0.491 e. The van der Waals surface area contributed by atoms with Gasteiger partial charge in [0.2, 0.25) is 0 Å². The molecule has 7 nitrogen and oxygen atoms in total. The second kappa shape index (κ2) is 12.6. The predicted molar refractivity (Wildman–Crippen MR) is 133 cm³/mol. The molecule has 3 rings (SSSR count). The normalized spacial score (nSPS) is 11.4. The molecule has 3 aromatic carbocycles. The number of benzene rings is 3. The highest BCUT2D eigenvalue weighted by molar-refractivity contribution is 5.91.